The molecule has 9 nitrogen and oxygen atoms in total. The lowest BCUT2D eigenvalue weighted by Gasteiger charge is -2.37. The van der Waals surface area contributed by atoms with Gasteiger partial charge in [-0.25, -0.2) is 9.78 Å². The number of aromatic amines is 1. The Labute approximate surface area is 248 Å². The van der Waals surface area contributed by atoms with Gasteiger partial charge in [-0.2, -0.15) is 18.4 Å². The van der Waals surface area contributed by atoms with E-state index in [1.165, 1.54) is 48.2 Å². The Morgan fingerprint density at radius 3 is 2.56 bits per heavy atom. The molecule has 4 rings (SSSR count). The first-order valence-corrected chi connectivity index (χ1v) is 17.5. The van der Waals surface area contributed by atoms with Gasteiger partial charge in [-0.15, -0.1) is 0 Å². The van der Waals surface area contributed by atoms with Crippen molar-refractivity contribution in [3.05, 3.63) is 59.0 Å². The van der Waals surface area contributed by atoms with Crippen molar-refractivity contribution in [1.29, 1.82) is 5.26 Å². The molecular weight excluding hydrogens is 581 g/mol. The van der Waals surface area contributed by atoms with Gasteiger partial charge in [0.2, 0.25) is 0 Å². The molecule has 1 atom stereocenters. The summed E-state index contributed by atoms with van der Waals surface area (Å²) < 4.78 is 71.3. The Kier molecular flexibility index (Phi) is 9.24. The third kappa shape index (κ3) is 6.27. The van der Waals surface area contributed by atoms with Gasteiger partial charge in [-0.1, -0.05) is 19.6 Å². The number of alkyl halides is 3. The van der Waals surface area contributed by atoms with Crippen molar-refractivity contribution in [1.82, 2.24) is 14.5 Å². The van der Waals surface area contributed by atoms with E-state index in [0.29, 0.717) is 17.7 Å². The summed E-state index contributed by atoms with van der Waals surface area (Å²) in [5, 5.41) is 9.74. The average Bonchev–Trinajstić information content (AvgIpc) is 3.56. The molecule has 230 valence electrons. The van der Waals surface area contributed by atoms with Gasteiger partial charge in [-0.3, -0.25) is 0 Å². The van der Waals surface area contributed by atoms with Crippen LogP contribution >= 0.6 is 0 Å². The number of nitriles is 1. The van der Waals surface area contributed by atoms with Crippen LogP contribution in [0.2, 0.25) is 25.7 Å². The molecule has 1 N–H and O–H groups in total. The van der Waals surface area contributed by atoms with Crippen molar-refractivity contribution >= 4 is 36.0 Å². The number of methoxy groups -OCH3 is 1. The van der Waals surface area contributed by atoms with Crippen LogP contribution in [0.4, 0.5) is 13.2 Å². The van der Waals surface area contributed by atoms with Gasteiger partial charge in [0.25, 0.3) is 5.60 Å². The van der Waals surface area contributed by atoms with Gasteiger partial charge in [0.05, 0.1) is 41.9 Å². The first kappa shape index (κ1) is 32.1. The number of aryl methyl sites for hydroxylation is 1. The summed E-state index contributed by atoms with van der Waals surface area (Å²) in [7, 11) is -0.255. The van der Waals surface area contributed by atoms with E-state index >= 15 is 13.2 Å². The van der Waals surface area contributed by atoms with Crippen LogP contribution in [0.25, 0.3) is 21.9 Å². The number of H-pyrrole nitrogens is 1. The van der Waals surface area contributed by atoms with Gasteiger partial charge in [-0.05, 0) is 55.8 Å². The highest BCUT2D eigenvalue weighted by atomic mass is 28.3. The average molecular weight is 617 g/mol. The number of halogens is 3. The fraction of sp³-hybridized carbons (Fsp3) is 0.433. The van der Waals surface area contributed by atoms with E-state index < -0.39 is 38.3 Å². The Hall–Kier alpha value is -3.86. The number of aromatic nitrogens is 3. The molecule has 1 unspecified atom stereocenters. The molecule has 0 aliphatic heterocycles. The van der Waals surface area contributed by atoms with Crippen LogP contribution in [-0.4, -0.2) is 61.7 Å². The monoisotopic (exact) mass is 616 g/mol. The number of benzene rings is 2. The second-order valence-corrected chi connectivity index (χ2v) is 17.0. The minimum Gasteiger partial charge on any atom is -0.496 e. The van der Waals surface area contributed by atoms with Gasteiger partial charge in [0, 0.05) is 31.8 Å². The Balaban J connectivity index is 2.09. The van der Waals surface area contributed by atoms with Crippen molar-refractivity contribution < 1.29 is 36.9 Å². The molecule has 0 radical (unpaired) electrons. The van der Waals surface area contributed by atoms with Crippen LogP contribution in [0.15, 0.2) is 36.5 Å². The molecule has 0 bridgehead atoms. The molecule has 13 heteroatoms. The van der Waals surface area contributed by atoms with Crippen LogP contribution in [-0.2, 0) is 31.3 Å². The molecule has 43 heavy (non-hydrogen) atoms. The van der Waals surface area contributed by atoms with E-state index in [2.05, 4.69) is 29.6 Å². The molecule has 0 fully saturated rings. The number of ether oxygens (including phenoxy) is 4. The van der Waals surface area contributed by atoms with Crippen LogP contribution in [0, 0.1) is 18.3 Å². The fourth-order valence-electron chi connectivity index (χ4n) is 5.00. The van der Waals surface area contributed by atoms with Crippen LogP contribution in [0.5, 0.6) is 5.75 Å². The summed E-state index contributed by atoms with van der Waals surface area (Å²) in [6.45, 7) is 8.71. The summed E-state index contributed by atoms with van der Waals surface area (Å²) in [6.07, 6.45) is -3.66. The summed E-state index contributed by atoms with van der Waals surface area (Å²) in [5.41, 5.74) is -1.97. The van der Waals surface area contributed by atoms with E-state index in [9.17, 15) is 10.1 Å². The number of hydrogen-bond donors (Lipinski definition) is 1. The van der Waals surface area contributed by atoms with Gasteiger partial charge >= 0.3 is 12.1 Å². The zero-order chi connectivity index (χ0) is 31.6. The number of hydrogen-bond acceptors (Lipinski definition) is 7. The summed E-state index contributed by atoms with van der Waals surface area (Å²) in [6, 6.07) is 10.2. The molecule has 0 amide bonds. The van der Waals surface area contributed by atoms with Crippen molar-refractivity contribution in [3.63, 3.8) is 0 Å². The standard InChI is InChI=1S/C30H35F3N4O5Si/c1-7-41-25(38)17-42-29(30(31,32)33,26-21-10-11-35-27(21)19(2)14-24(26)39-3)28-36-22-9-8-20(16-34)15-23(22)37(28)18-40-12-13-43(4,5)6/h8-11,14-15,35H,7,12-13,17-18H2,1-6H3. The zero-order valence-electron chi connectivity index (χ0n) is 25.0. The van der Waals surface area contributed by atoms with Crippen LogP contribution < -0.4 is 4.74 Å². The molecule has 0 saturated carbocycles. The highest BCUT2D eigenvalue weighted by molar-refractivity contribution is 6.76. The quantitative estimate of drug-likeness (QED) is 0.111. The zero-order valence-corrected chi connectivity index (χ0v) is 26.0. The van der Waals surface area contributed by atoms with Crippen LogP contribution in [0.1, 0.15) is 29.4 Å². The molecular formula is C30H35F3N4O5Si. The number of esters is 1. The molecule has 2 aromatic heterocycles. The maximum absolute atomic E-state index is 15.9. The molecule has 2 heterocycles. The lowest BCUT2D eigenvalue weighted by atomic mass is 9.86. The van der Waals surface area contributed by atoms with E-state index in [4.69, 9.17) is 18.9 Å². The number of imidazole rings is 1. The van der Waals surface area contributed by atoms with E-state index in [0.717, 1.165) is 6.04 Å². The van der Waals surface area contributed by atoms with Gasteiger partial charge in [0.1, 0.15) is 19.1 Å². The molecule has 0 aliphatic carbocycles. The minimum atomic E-state index is -5.18. The summed E-state index contributed by atoms with van der Waals surface area (Å²) >= 11 is 0. The first-order chi connectivity index (χ1) is 20.3. The van der Waals surface area contributed by atoms with E-state index in [1.54, 1.807) is 13.8 Å². The molecule has 0 saturated heterocycles. The van der Waals surface area contributed by atoms with E-state index in [1.807, 2.05) is 6.07 Å². The smallest absolute Gasteiger partial charge is 0.429 e. The predicted molar refractivity (Wildman–Crippen MR) is 158 cm³/mol. The second-order valence-electron chi connectivity index (χ2n) is 11.3. The number of carbonyl (C=O) groups excluding carboxylic acids is 1. The van der Waals surface area contributed by atoms with E-state index in [-0.39, 0.29) is 46.6 Å². The number of nitrogens with zero attached hydrogens (tertiary/aromatic N) is 3. The van der Waals surface area contributed by atoms with Crippen molar-refractivity contribution in [2.45, 2.75) is 58.0 Å². The largest absolute Gasteiger partial charge is 0.496 e. The van der Waals surface area contributed by atoms with Crippen molar-refractivity contribution in [2.24, 2.45) is 0 Å². The van der Waals surface area contributed by atoms with Gasteiger partial charge in [0.15, 0.2) is 5.82 Å². The third-order valence-electron chi connectivity index (χ3n) is 7.10. The number of fused-ring (bicyclic) bond motifs is 2. The highest BCUT2D eigenvalue weighted by Gasteiger charge is 2.64. The number of nitrogens with one attached hydrogen (secondary N) is 1. The third-order valence-corrected chi connectivity index (χ3v) is 8.80. The molecule has 0 spiro atoms. The second kappa shape index (κ2) is 12.4. The molecule has 2 aromatic carbocycles. The minimum absolute atomic E-state index is 0.0441. The maximum Gasteiger partial charge on any atom is 0.429 e. The first-order valence-electron chi connectivity index (χ1n) is 13.8. The van der Waals surface area contributed by atoms with Gasteiger partial charge < -0.3 is 28.5 Å². The fourth-order valence-corrected chi connectivity index (χ4v) is 5.75. The normalized spacial score (nSPS) is 13.7. The Morgan fingerprint density at radius 2 is 1.93 bits per heavy atom. The van der Waals surface area contributed by atoms with Crippen molar-refractivity contribution in [3.8, 4) is 11.8 Å². The topological polar surface area (TPSA) is 111 Å². The highest BCUT2D eigenvalue weighted by Crippen LogP contribution is 2.53. The predicted octanol–water partition coefficient (Wildman–Crippen LogP) is 6.40. The maximum atomic E-state index is 15.9. The molecule has 0 aliphatic rings. The van der Waals surface area contributed by atoms with Crippen LogP contribution in [0.3, 0.4) is 0 Å². The summed E-state index contributed by atoms with van der Waals surface area (Å²) in [4.78, 5) is 20.0. The molecule has 4 aromatic rings. The SMILES string of the molecule is CCOC(=O)COC(c1c(OC)cc(C)c2[nH]ccc12)(c1nc2ccc(C#N)cc2n1COCC[Si](C)(C)C)C(F)(F)F. The summed E-state index contributed by atoms with van der Waals surface area (Å²) in [5.74, 6) is -1.66. The van der Waals surface area contributed by atoms with Crippen molar-refractivity contribution in [2.75, 3.05) is 26.9 Å². The number of carbonyl (C=O) groups is 1. The Bertz CT molecular complexity index is 1670. The lowest BCUT2D eigenvalue weighted by Crippen LogP contribution is -2.49. The Morgan fingerprint density at radius 1 is 1.19 bits per heavy atom. The number of rotatable bonds is 12. The lowest BCUT2D eigenvalue weighted by molar-refractivity contribution is -0.270.